The number of carbonyl (C=O) groups excluding carboxylic acids is 1. The molecule has 3 heterocycles. The normalized spacial score (nSPS) is 13.8. The Balaban J connectivity index is 1.45. The van der Waals surface area contributed by atoms with Gasteiger partial charge in [-0.25, -0.2) is 9.18 Å². The highest BCUT2D eigenvalue weighted by Gasteiger charge is 2.30. The van der Waals surface area contributed by atoms with Gasteiger partial charge in [-0.1, -0.05) is 36.7 Å². The minimum atomic E-state index is -0.350. The van der Waals surface area contributed by atoms with Gasteiger partial charge in [0, 0.05) is 54.3 Å². The van der Waals surface area contributed by atoms with Gasteiger partial charge in [-0.3, -0.25) is 4.68 Å². The zero-order valence-electron chi connectivity index (χ0n) is 28.7. The van der Waals surface area contributed by atoms with Gasteiger partial charge in [0.2, 0.25) is 0 Å². The van der Waals surface area contributed by atoms with E-state index in [4.69, 9.17) is 26.2 Å². The summed E-state index contributed by atoms with van der Waals surface area (Å²) < 4.78 is 30.0. The van der Waals surface area contributed by atoms with E-state index < -0.39 is 0 Å². The van der Waals surface area contributed by atoms with Gasteiger partial charge >= 0.3 is 5.97 Å². The lowest BCUT2D eigenvalue weighted by Crippen LogP contribution is -2.31. The Bertz CT molecular complexity index is 1950. The molecule has 0 saturated heterocycles. The molecule has 6 rings (SSSR count). The third-order valence-corrected chi connectivity index (χ3v) is 9.93. The van der Waals surface area contributed by atoms with E-state index in [1.807, 2.05) is 49.0 Å². The van der Waals surface area contributed by atoms with Crippen molar-refractivity contribution >= 4 is 39.2 Å². The van der Waals surface area contributed by atoms with E-state index in [-0.39, 0.29) is 25.0 Å². The van der Waals surface area contributed by atoms with Crippen molar-refractivity contribution in [2.45, 2.75) is 65.3 Å². The number of aliphatic hydroxyl groups excluding tert-OH is 1. The van der Waals surface area contributed by atoms with E-state index >= 15 is 0 Å². The zero-order chi connectivity index (χ0) is 34.5. The first-order valence-corrected chi connectivity index (χ1v) is 17.9. The van der Waals surface area contributed by atoms with Crippen molar-refractivity contribution in [2.75, 3.05) is 39.5 Å². The maximum absolute atomic E-state index is 14.0. The number of aliphatic hydroxyl groups is 1. The lowest BCUT2D eigenvalue weighted by molar-refractivity contribution is 0.0512. The number of rotatable bonds is 12. The standard InChI is InChI=1S/C39H46ClFN4O4/c1-4-33-36-32(42-43(33)3)13-9-20-44(19-6-7-23-46)21-22-45-37-30(17-18-31(40)35(36)37)29(38(45)39(47)48-5-2)12-10-24-49-34-14-8-11-26-25-27(41)15-16-28(26)34/h8,11,14-18,25,46H,4-7,9-10,12-13,19-24H2,1-3H3. The first-order valence-electron chi connectivity index (χ1n) is 17.6. The van der Waals surface area contributed by atoms with E-state index in [0.29, 0.717) is 42.5 Å². The molecule has 0 bridgehead atoms. The second kappa shape index (κ2) is 15.7. The Morgan fingerprint density at radius 2 is 1.86 bits per heavy atom. The molecule has 0 fully saturated rings. The van der Waals surface area contributed by atoms with Gasteiger partial charge in [0.05, 0.1) is 29.4 Å². The molecule has 5 aromatic rings. The Morgan fingerprint density at radius 3 is 2.65 bits per heavy atom. The van der Waals surface area contributed by atoms with Gasteiger partial charge in [0.15, 0.2) is 0 Å². The quantitative estimate of drug-likeness (QED) is 0.107. The Morgan fingerprint density at radius 1 is 1.02 bits per heavy atom. The molecule has 0 unspecified atom stereocenters. The predicted octanol–water partition coefficient (Wildman–Crippen LogP) is 7.76. The number of fused-ring (bicyclic) bond motifs is 3. The predicted molar refractivity (Wildman–Crippen MR) is 193 cm³/mol. The van der Waals surface area contributed by atoms with Crippen LogP contribution in [0.1, 0.15) is 67.0 Å². The number of nitrogens with zero attached hydrogens (tertiary/aromatic N) is 4. The summed E-state index contributed by atoms with van der Waals surface area (Å²) in [7, 11) is 1.99. The van der Waals surface area contributed by atoms with Crippen LogP contribution in [0.5, 0.6) is 5.75 Å². The summed E-state index contributed by atoms with van der Waals surface area (Å²) in [5, 5.41) is 17.7. The maximum atomic E-state index is 14.0. The number of carbonyl (C=O) groups is 1. The highest BCUT2D eigenvalue weighted by molar-refractivity contribution is 6.35. The van der Waals surface area contributed by atoms with Crippen LogP contribution in [-0.4, -0.2) is 69.8 Å². The molecule has 0 spiro atoms. The maximum Gasteiger partial charge on any atom is 0.355 e. The summed E-state index contributed by atoms with van der Waals surface area (Å²) in [6.45, 7) is 7.89. The number of ether oxygens (including phenoxy) is 2. The van der Waals surface area contributed by atoms with Crippen LogP contribution in [0, 0.1) is 5.82 Å². The van der Waals surface area contributed by atoms with Gasteiger partial charge in [-0.15, -0.1) is 0 Å². The van der Waals surface area contributed by atoms with Gasteiger partial charge in [-0.2, -0.15) is 5.10 Å². The van der Waals surface area contributed by atoms with Crippen LogP contribution in [0.25, 0.3) is 32.8 Å². The van der Waals surface area contributed by atoms with E-state index in [1.165, 1.54) is 12.1 Å². The average molecular weight is 689 g/mol. The van der Waals surface area contributed by atoms with Crippen molar-refractivity contribution in [2.24, 2.45) is 7.05 Å². The summed E-state index contributed by atoms with van der Waals surface area (Å²) in [4.78, 5) is 16.4. The molecule has 10 heteroatoms. The van der Waals surface area contributed by atoms with Crippen molar-refractivity contribution in [3.8, 4) is 16.9 Å². The molecule has 0 amide bonds. The molecule has 1 aliphatic rings. The molecular weight excluding hydrogens is 643 g/mol. The van der Waals surface area contributed by atoms with Crippen molar-refractivity contribution < 1.29 is 23.8 Å². The summed E-state index contributed by atoms with van der Waals surface area (Å²) in [5.41, 5.74) is 6.51. The second-order valence-corrected chi connectivity index (χ2v) is 13.1. The van der Waals surface area contributed by atoms with Crippen LogP contribution in [0.4, 0.5) is 4.39 Å². The summed E-state index contributed by atoms with van der Waals surface area (Å²) in [5.74, 6) is 0.0684. The Hall–Kier alpha value is -3.92. The van der Waals surface area contributed by atoms with Gasteiger partial charge in [0.1, 0.15) is 17.3 Å². The van der Waals surface area contributed by atoms with Crippen molar-refractivity contribution in [1.29, 1.82) is 0 Å². The third kappa shape index (κ3) is 7.21. The van der Waals surface area contributed by atoms with Crippen LogP contribution < -0.4 is 4.74 Å². The molecule has 2 aromatic heterocycles. The molecule has 1 aliphatic heterocycles. The topological polar surface area (TPSA) is 81.8 Å². The number of benzene rings is 3. The van der Waals surface area contributed by atoms with Crippen LogP contribution in [0.15, 0.2) is 48.5 Å². The largest absolute Gasteiger partial charge is 0.493 e. The molecule has 8 nitrogen and oxygen atoms in total. The molecule has 0 aliphatic carbocycles. The molecule has 1 N–H and O–H groups in total. The molecule has 49 heavy (non-hydrogen) atoms. The molecule has 0 saturated carbocycles. The van der Waals surface area contributed by atoms with Crippen molar-refractivity contribution in [3.63, 3.8) is 0 Å². The van der Waals surface area contributed by atoms with Crippen molar-refractivity contribution in [3.05, 3.63) is 82.0 Å². The fourth-order valence-corrected chi connectivity index (χ4v) is 7.65. The highest BCUT2D eigenvalue weighted by atomic mass is 35.5. The van der Waals surface area contributed by atoms with Crippen LogP contribution in [-0.2, 0) is 37.6 Å². The average Bonchev–Trinajstić information content (AvgIpc) is 3.57. The Labute approximate surface area is 292 Å². The van der Waals surface area contributed by atoms with E-state index in [9.17, 15) is 14.3 Å². The molecule has 3 aromatic carbocycles. The number of unbranched alkanes of at least 4 members (excludes halogenated alkanes) is 1. The number of halogens is 2. The summed E-state index contributed by atoms with van der Waals surface area (Å²) >= 11 is 7.16. The van der Waals surface area contributed by atoms with Crippen LogP contribution >= 0.6 is 11.6 Å². The lowest BCUT2D eigenvalue weighted by atomic mass is 9.96. The number of hydrogen-bond acceptors (Lipinski definition) is 6. The van der Waals surface area contributed by atoms with Gasteiger partial charge < -0.3 is 24.0 Å². The monoisotopic (exact) mass is 688 g/mol. The molecule has 0 radical (unpaired) electrons. The van der Waals surface area contributed by atoms with Gasteiger partial charge in [-0.05, 0) is 106 Å². The molecule has 260 valence electrons. The van der Waals surface area contributed by atoms with E-state index in [0.717, 1.165) is 101 Å². The second-order valence-electron chi connectivity index (χ2n) is 12.7. The minimum absolute atomic E-state index is 0.175. The summed E-state index contributed by atoms with van der Waals surface area (Å²) in [6.07, 6.45) is 5.42. The smallest absolute Gasteiger partial charge is 0.355 e. The number of hydrogen-bond donors (Lipinski definition) is 1. The third-order valence-electron chi connectivity index (χ3n) is 9.61. The lowest BCUT2D eigenvalue weighted by Gasteiger charge is -2.23. The highest BCUT2D eigenvalue weighted by Crippen LogP contribution is 2.43. The van der Waals surface area contributed by atoms with Crippen molar-refractivity contribution in [1.82, 2.24) is 19.2 Å². The Kier molecular flexibility index (Phi) is 11.2. The van der Waals surface area contributed by atoms with Gasteiger partial charge in [0.25, 0.3) is 0 Å². The van der Waals surface area contributed by atoms with E-state index in [2.05, 4.69) is 16.4 Å². The fraction of sp³-hybridized carbons (Fsp3) is 0.436. The number of aryl methyl sites for hydroxylation is 3. The fourth-order valence-electron chi connectivity index (χ4n) is 7.40. The first kappa shape index (κ1) is 34.9. The van der Waals surface area contributed by atoms with E-state index in [1.54, 1.807) is 6.07 Å². The molecular formula is C39H46ClFN4O4. The number of aromatic nitrogens is 3. The van der Waals surface area contributed by atoms with Crippen LogP contribution in [0.3, 0.4) is 0 Å². The molecule has 0 atom stereocenters. The number of esters is 1. The first-order chi connectivity index (χ1) is 23.9. The minimum Gasteiger partial charge on any atom is -0.493 e. The zero-order valence-corrected chi connectivity index (χ0v) is 29.5. The van der Waals surface area contributed by atoms with Crippen LogP contribution in [0.2, 0.25) is 5.02 Å². The summed E-state index contributed by atoms with van der Waals surface area (Å²) in [6, 6.07) is 14.3. The SMILES string of the molecule is CCOC(=O)c1c(CCCOc2cccc3cc(F)ccc23)c2ccc(Cl)c3c2n1CCN(CCCCO)CCCc1nn(C)c(CC)c1-3.